The summed E-state index contributed by atoms with van der Waals surface area (Å²) in [5.74, 6) is 1.21. The van der Waals surface area contributed by atoms with E-state index in [-0.39, 0.29) is 11.2 Å². The Hall–Kier alpha value is -2.38. The number of hydrogen-bond acceptors (Lipinski definition) is 5. The summed E-state index contributed by atoms with van der Waals surface area (Å²) in [5, 5.41) is 12.8. The Bertz CT molecular complexity index is 1010. The first-order chi connectivity index (χ1) is 14.4. The highest BCUT2D eigenvalue weighted by molar-refractivity contribution is 8.00. The van der Waals surface area contributed by atoms with Gasteiger partial charge < -0.3 is 5.32 Å². The number of benzene rings is 1. The van der Waals surface area contributed by atoms with E-state index in [9.17, 15) is 4.79 Å². The molecule has 0 aliphatic carbocycles. The SMILES string of the molecule is Cc1c(Cl)cccc1-n1c(SC(C)C(=O)NCCC(C)C)nnc1-c1ccncc1. The van der Waals surface area contributed by atoms with Crippen LogP contribution in [-0.4, -0.2) is 37.5 Å². The number of halogens is 1. The first-order valence-electron chi connectivity index (χ1n) is 9.94. The summed E-state index contributed by atoms with van der Waals surface area (Å²) in [6.45, 7) is 8.79. The molecule has 0 aliphatic rings. The number of carbonyl (C=O) groups excluding carboxylic acids is 1. The summed E-state index contributed by atoms with van der Waals surface area (Å²) in [6.07, 6.45) is 4.39. The molecule has 0 spiro atoms. The maximum atomic E-state index is 12.6. The first-order valence-corrected chi connectivity index (χ1v) is 11.2. The van der Waals surface area contributed by atoms with E-state index in [1.165, 1.54) is 11.8 Å². The second-order valence-electron chi connectivity index (χ2n) is 7.50. The highest BCUT2D eigenvalue weighted by Gasteiger charge is 2.23. The molecule has 158 valence electrons. The van der Waals surface area contributed by atoms with E-state index in [1.54, 1.807) is 12.4 Å². The fourth-order valence-corrected chi connectivity index (χ4v) is 3.98. The number of nitrogens with one attached hydrogen (secondary N) is 1. The maximum Gasteiger partial charge on any atom is 0.233 e. The summed E-state index contributed by atoms with van der Waals surface area (Å²) in [6, 6.07) is 9.51. The lowest BCUT2D eigenvalue weighted by molar-refractivity contribution is -0.120. The maximum absolute atomic E-state index is 12.6. The molecular formula is C22H26ClN5OS. The van der Waals surface area contributed by atoms with Crippen molar-refractivity contribution < 1.29 is 4.79 Å². The molecule has 30 heavy (non-hydrogen) atoms. The number of thioether (sulfide) groups is 1. The van der Waals surface area contributed by atoms with Crippen LogP contribution >= 0.6 is 23.4 Å². The van der Waals surface area contributed by atoms with Crippen LogP contribution in [0.4, 0.5) is 0 Å². The van der Waals surface area contributed by atoms with E-state index in [4.69, 9.17) is 11.6 Å². The average Bonchev–Trinajstić information content (AvgIpc) is 3.13. The Morgan fingerprint density at radius 1 is 1.17 bits per heavy atom. The normalized spacial score (nSPS) is 12.2. The van der Waals surface area contributed by atoms with Gasteiger partial charge in [-0.1, -0.05) is 43.3 Å². The van der Waals surface area contributed by atoms with Gasteiger partial charge in [0.25, 0.3) is 0 Å². The topological polar surface area (TPSA) is 72.7 Å². The van der Waals surface area contributed by atoms with Gasteiger partial charge in [-0.3, -0.25) is 14.3 Å². The number of amides is 1. The third-order valence-corrected chi connectivity index (χ3v) is 6.18. The molecule has 0 fully saturated rings. The standard InChI is InChI=1S/C22H26ClN5OS/c1-14(2)8-13-25-21(29)16(4)30-22-27-26-20(17-9-11-24-12-10-17)28(22)19-7-5-6-18(23)15(19)3/h5-7,9-12,14,16H,8,13H2,1-4H3,(H,25,29). The highest BCUT2D eigenvalue weighted by Crippen LogP contribution is 2.33. The highest BCUT2D eigenvalue weighted by atomic mass is 35.5. The second kappa shape index (κ2) is 10.1. The monoisotopic (exact) mass is 443 g/mol. The molecule has 1 unspecified atom stereocenters. The summed E-state index contributed by atoms with van der Waals surface area (Å²) in [5.41, 5.74) is 2.69. The minimum atomic E-state index is -0.315. The molecule has 1 N–H and O–H groups in total. The number of carbonyl (C=O) groups is 1. The molecular weight excluding hydrogens is 418 g/mol. The van der Waals surface area contributed by atoms with Gasteiger partial charge in [-0.05, 0) is 56.0 Å². The van der Waals surface area contributed by atoms with Gasteiger partial charge >= 0.3 is 0 Å². The molecule has 1 amide bonds. The van der Waals surface area contributed by atoms with Crippen LogP contribution in [0.3, 0.4) is 0 Å². The molecule has 8 heteroatoms. The lowest BCUT2D eigenvalue weighted by Crippen LogP contribution is -2.32. The average molecular weight is 444 g/mol. The lowest BCUT2D eigenvalue weighted by Gasteiger charge is -2.16. The van der Waals surface area contributed by atoms with Crippen molar-refractivity contribution in [2.45, 2.75) is 44.5 Å². The Morgan fingerprint density at radius 2 is 1.90 bits per heavy atom. The first kappa shape index (κ1) is 22.3. The van der Waals surface area contributed by atoms with E-state index in [1.807, 2.05) is 48.7 Å². The lowest BCUT2D eigenvalue weighted by atomic mass is 10.1. The number of aromatic nitrogens is 4. The predicted molar refractivity (Wildman–Crippen MR) is 122 cm³/mol. The van der Waals surface area contributed by atoms with E-state index < -0.39 is 0 Å². The van der Waals surface area contributed by atoms with E-state index in [2.05, 4.69) is 34.3 Å². The molecule has 0 bridgehead atoms. The molecule has 0 aliphatic heterocycles. The fraction of sp³-hybridized carbons (Fsp3) is 0.364. The van der Waals surface area contributed by atoms with Gasteiger partial charge in [-0.15, -0.1) is 10.2 Å². The summed E-state index contributed by atoms with van der Waals surface area (Å²) in [7, 11) is 0. The Morgan fingerprint density at radius 3 is 2.60 bits per heavy atom. The van der Waals surface area contributed by atoms with Crippen LogP contribution in [0, 0.1) is 12.8 Å². The van der Waals surface area contributed by atoms with Crippen molar-refractivity contribution in [1.82, 2.24) is 25.1 Å². The van der Waals surface area contributed by atoms with Crippen molar-refractivity contribution in [2.24, 2.45) is 5.92 Å². The predicted octanol–water partition coefficient (Wildman–Crippen LogP) is 4.93. The van der Waals surface area contributed by atoms with Crippen LogP contribution in [0.15, 0.2) is 47.9 Å². The van der Waals surface area contributed by atoms with Crippen LogP contribution < -0.4 is 5.32 Å². The number of pyridine rings is 1. The van der Waals surface area contributed by atoms with Crippen LogP contribution in [0.1, 0.15) is 32.8 Å². The Balaban J connectivity index is 1.94. The molecule has 2 aromatic heterocycles. The molecule has 0 radical (unpaired) electrons. The van der Waals surface area contributed by atoms with E-state index in [0.717, 1.165) is 23.2 Å². The van der Waals surface area contributed by atoms with Gasteiger partial charge in [0.2, 0.25) is 5.91 Å². The zero-order valence-corrected chi connectivity index (χ0v) is 19.2. The summed E-state index contributed by atoms with van der Waals surface area (Å²) >= 11 is 7.77. The van der Waals surface area contributed by atoms with Gasteiger partial charge in [-0.25, -0.2) is 0 Å². The Labute approximate surface area is 186 Å². The van der Waals surface area contributed by atoms with Crippen LogP contribution in [0.2, 0.25) is 5.02 Å². The quantitative estimate of drug-likeness (QED) is 0.499. The van der Waals surface area contributed by atoms with Crippen LogP contribution in [-0.2, 0) is 4.79 Å². The largest absolute Gasteiger partial charge is 0.355 e. The zero-order chi connectivity index (χ0) is 21.7. The van der Waals surface area contributed by atoms with Crippen molar-refractivity contribution in [3.63, 3.8) is 0 Å². The molecule has 1 aromatic carbocycles. The van der Waals surface area contributed by atoms with Crippen molar-refractivity contribution in [2.75, 3.05) is 6.54 Å². The summed E-state index contributed by atoms with van der Waals surface area (Å²) < 4.78 is 1.96. The second-order valence-corrected chi connectivity index (χ2v) is 9.21. The number of hydrogen-bond donors (Lipinski definition) is 1. The smallest absolute Gasteiger partial charge is 0.233 e. The minimum absolute atomic E-state index is 0.0107. The van der Waals surface area contributed by atoms with Gasteiger partial charge in [0, 0.05) is 29.5 Å². The third-order valence-electron chi connectivity index (χ3n) is 4.72. The van der Waals surface area contributed by atoms with E-state index >= 15 is 0 Å². The minimum Gasteiger partial charge on any atom is -0.355 e. The van der Waals surface area contributed by atoms with Crippen LogP contribution in [0.25, 0.3) is 17.1 Å². The van der Waals surface area contributed by atoms with Crippen LogP contribution in [0.5, 0.6) is 0 Å². The summed E-state index contributed by atoms with van der Waals surface area (Å²) in [4.78, 5) is 16.6. The van der Waals surface area contributed by atoms with Gasteiger partial charge in [-0.2, -0.15) is 0 Å². The van der Waals surface area contributed by atoms with Gasteiger partial charge in [0.15, 0.2) is 11.0 Å². The molecule has 1 atom stereocenters. The third kappa shape index (κ3) is 5.21. The fourth-order valence-electron chi connectivity index (χ4n) is 2.93. The molecule has 2 heterocycles. The molecule has 6 nitrogen and oxygen atoms in total. The molecule has 3 rings (SSSR count). The van der Waals surface area contributed by atoms with Gasteiger partial charge in [0.05, 0.1) is 10.9 Å². The van der Waals surface area contributed by atoms with Crippen molar-refractivity contribution in [3.05, 3.63) is 53.3 Å². The van der Waals surface area contributed by atoms with Crippen molar-refractivity contribution in [3.8, 4) is 17.1 Å². The van der Waals surface area contributed by atoms with Crippen molar-refractivity contribution >= 4 is 29.3 Å². The number of rotatable bonds is 8. The molecule has 0 saturated carbocycles. The van der Waals surface area contributed by atoms with E-state index in [0.29, 0.717) is 28.5 Å². The number of nitrogens with zero attached hydrogens (tertiary/aromatic N) is 4. The molecule has 3 aromatic rings. The Kier molecular flexibility index (Phi) is 7.50. The zero-order valence-electron chi connectivity index (χ0n) is 17.6. The van der Waals surface area contributed by atoms with Crippen molar-refractivity contribution in [1.29, 1.82) is 0 Å². The molecule has 0 saturated heterocycles. The van der Waals surface area contributed by atoms with Gasteiger partial charge in [0.1, 0.15) is 0 Å².